The Morgan fingerprint density at radius 2 is 1.76 bits per heavy atom. The molecule has 0 spiro atoms. The highest BCUT2D eigenvalue weighted by atomic mass is 16.5. The van der Waals surface area contributed by atoms with Crippen molar-refractivity contribution in [2.45, 2.75) is 46.6 Å². The van der Waals surface area contributed by atoms with E-state index in [9.17, 15) is 9.59 Å². The van der Waals surface area contributed by atoms with Crippen LogP contribution in [0.3, 0.4) is 0 Å². The van der Waals surface area contributed by atoms with E-state index in [1.54, 1.807) is 16.8 Å². The van der Waals surface area contributed by atoms with Crippen LogP contribution in [0.2, 0.25) is 0 Å². The third-order valence-electron chi connectivity index (χ3n) is 6.06. The van der Waals surface area contributed by atoms with E-state index in [1.807, 2.05) is 113 Å². The topological polar surface area (TPSA) is 82.5 Å². The number of ether oxygens (including phenoxy) is 2. The number of hydrogen-bond donors (Lipinski definition) is 1. The lowest BCUT2D eigenvalue weighted by Gasteiger charge is -2.17. The Balaban J connectivity index is 0.00000226. The fraction of sp³-hybridized carbons (Fsp3) is 0.265. The van der Waals surface area contributed by atoms with Gasteiger partial charge in [-0.05, 0) is 73.9 Å². The minimum Gasteiger partial charge on any atom is -0.490 e. The second-order valence-corrected chi connectivity index (χ2v) is 8.93. The lowest BCUT2D eigenvalue weighted by Crippen LogP contribution is -2.39. The van der Waals surface area contributed by atoms with Crippen molar-refractivity contribution in [1.82, 2.24) is 15.1 Å². The first-order valence-electron chi connectivity index (χ1n) is 14.1. The van der Waals surface area contributed by atoms with Crippen molar-refractivity contribution in [2.75, 3.05) is 13.2 Å². The third-order valence-corrected chi connectivity index (χ3v) is 6.06. The molecule has 3 heterocycles. The number of amides is 1. The Bertz CT molecular complexity index is 1400. The van der Waals surface area contributed by atoms with Gasteiger partial charge in [-0.2, -0.15) is 5.10 Å². The average molecular weight is 554 g/mol. The van der Waals surface area contributed by atoms with Gasteiger partial charge in [-0.3, -0.25) is 4.79 Å². The van der Waals surface area contributed by atoms with Gasteiger partial charge < -0.3 is 19.6 Å². The van der Waals surface area contributed by atoms with E-state index >= 15 is 0 Å². The number of nitrogens with one attached hydrogen (secondary N) is 1. The van der Waals surface area contributed by atoms with Crippen LogP contribution in [0.5, 0.6) is 11.5 Å². The molecular formula is C34H39N3O4. The summed E-state index contributed by atoms with van der Waals surface area (Å²) >= 11 is 0. The summed E-state index contributed by atoms with van der Waals surface area (Å²) in [5, 5.41) is 7.68. The molecule has 0 radical (unpaired) electrons. The van der Waals surface area contributed by atoms with Crippen LogP contribution in [0.25, 0.3) is 17.0 Å². The normalized spacial score (nSPS) is 18.7. The highest BCUT2D eigenvalue weighted by molar-refractivity contribution is 6.06. The molecule has 7 nitrogen and oxygen atoms in total. The van der Waals surface area contributed by atoms with Crippen LogP contribution in [-0.4, -0.2) is 41.2 Å². The molecule has 1 unspecified atom stereocenters. The van der Waals surface area contributed by atoms with E-state index in [2.05, 4.69) is 5.32 Å². The molecule has 0 saturated carbocycles. The summed E-state index contributed by atoms with van der Waals surface area (Å²) in [7, 11) is 0. The number of fused-ring (bicyclic) bond motifs is 11. The summed E-state index contributed by atoms with van der Waals surface area (Å²) in [5.74, 6) is 1.09. The van der Waals surface area contributed by atoms with E-state index in [1.165, 1.54) is 0 Å². The Hall–Kier alpha value is -4.65. The van der Waals surface area contributed by atoms with Gasteiger partial charge in [-0.25, -0.2) is 4.68 Å². The molecule has 0 saturated heterocycles. The highest BCUT2D eigenvalue weighted by Crippen LogP contribution is 2.25. The van der Waals surface area contributed by atoms with Crippen LogP contribution in [0, 0.1) is 0 Å². The number of nitrogens with zero attached hydrogens (tertiary/aromatic N) is 2. The lowest BCUT2D eigenvalue weighted by molar-refractivity contribution is -0.120. The molecule has 0 aliphatic carbocycles. The zero-order chi connectivity index (χ0) is 29.5. The zero-order valence-corrected chi connectivity index (χ0v) is 24.2. The van der Waals surface area contributed by atoms with E-state index in [-0.39, 0.29) is 5.91 Å². The first kappa shape index (κ1) is 30.9. The molecule has 5 rings (SSSR count). The molecule has 41 heavy (non-hydrogen) atoms. The predicted octanol–water partition coefficient (Wildman–Crippen LogP) is 6.58. The van der Waals surface area contributed by atoms with Crippen LogP contribution in [-0.2, 0) is 16.0 Å². The molecule has 2 aromatic carbocycles. The quantitative estimate of drug-likeness (QED) is 0.225. The zero-order valence-electron chi connectivity index (χ0n) is 24.2. The second kappa shape index (κ2) is 16.5. The van der Waals surface area contributed by atoms with Crippen molar-refractivity contribution in [3.8, 4) is 22.8 Å². The Labute approximate surface area is 242 Å². The summed E-state index contributed by atoms with van der Waals surface area (Å²) in [6, 6.07) is 16.4. The van der Waals surface area contributed by atoms with Crippen molar-refractivity contribution in [3.63, 3.8) is 0 Å². The van der Waals surface area contributed by atoms with Gasteiger partial charge in [0, 0.05) is 11.8 Å². The fourth-order valence-corrected chi connectivity index (χ4v) is 4.13. The van der Waals surface area contributed by atoms with E-state index in [4.69, 9.17) is 14.6 Å². The van der Waals surface area contributed by atoms with E-state index < -0.39 is 6.04 Å². The number of hydrogen-bond acceptors (Lipinski definition) is 5. The summed E-state index contributed by atoms with van der Waals surface area (Å²) in [6.07, 6.45) is 14.8. The van der Waals surface area contributed by atoms with Crippen molar-refractivity contribution < 1.29 is 19.1 Å². The number of aromatic nitrogens is 2. The molecule has 2 aliphatic heterocycles. The van der Waals surface area contributed by atoms with Crippen LogP contribution >= 0.6 is 0 Å². The Morgan fingerprint density at radius 1 is 1.02 bits per heavy atom. The predicted molar refractivity (Wildman–Crippen MR) is 165 cm³/mol. The van der Waals surface area contributed by atoms with E-state index in [0.29, 0.717) is 37.3 Å². The molecular weight excluding hydrogens is 514 g/mol. The summed E-state index contributed by atoms with van der Waals surface area (Å²) in [6.45, 7) is 8.70. The maximum Gasteiger partial charge on any atom is 0.254 e. The van der Waals surface area contributed by atoms with E-state index in [0.717, 1.165) is 34.6 Å². The minimum atomic E-state index is -0.696. The molecule has 3 aromatic rings. The van der Waals surface area contributed by atoms with Gasteiger partial charge in [0.15, 0.2) is 0 Å². The number of aldehydes is 1. The monoisotopic (exact) mass is 553 g/mol. The number of rotatable bonds is 3. The van der Waals surface area contributed by atoms with Gasteiger partial charge in [-0.15, -0.1) is 0 Å². The molecule has 6 bridgehead atoms. The lowest BCUT2D eigenvalue weighted by atomic mass is 10.0. The fourth-order valence-electron chi connectivity index (χ4n) is 4.13. The maximum absolute atomic E-state index is 13.5. The van der Waals surface area contributed by atoms with Gasteiger partial charge in [0.05, 0.1) is 23.0 Å². The van der Waals surface area contributed by atoms with Crippen LogP contribution in [0.1, 0.15) is 39.7 Å². The summed E-state index contributed by atoms with van der Waals surface area (Å²) < 4.78 is 13.4. The SMILES string of the molecule is CC.C\C=C/C=C1/C(=O)NC(C=O)Cc2ccc(cc2)OC/C=C/COc2cccc(c2)-c2ccn(n2)/C1=C\CC. The van der Waals surface area contributed by atoms with Gasteiger partial charge in [-0.1, -0.05) is 63.3 Å². The molecule has 2 aliphatic rings. The summed E-state index contributed by atoms with van der Waals surface area (Å²) in [4.78, 5) is 25.5. The number of carbonyl (C=O) groups excluding carboxylic acids is 2. The first-order valence-corrected chi connectivity index (χ1v) is 14.1. The third kappa shape index (κ3) is 8.93. The Morgan fingerprint density at radius 3 is 2.44 bits per heavy atom. The molecule has 1 atom stereocenters. The summed E-state index contributed by atoms with van der Waals surface area (Å²) in [5.41, 5.74) is 3.58. The average Bonchev–Trinajstić information content (AvgIpc) is 3.50. The molecule has 7 heteroatoms. The number of benzene rings is 2. The molecule has 214 valence electrons. The van der Waals surface area contributed by atoms with Crippen LogP contribution in [0.15, 0.2) is 103 Å². The van der Waals surface area contributed by atoms with Crippen molar-refractivity contribution in [2.24, 2.45) is 0 Å². The molecule has 0 fully saturated rings. The molecule has 1 aromatic heterocycles. The van der Waals surface area contributed by atoms with Gasteiger partial charge in [0.25, 0.3) is 5.91 Å². The highest BCUT2D eigenvalue weighted by Gasteiger charge is 2.20. The van der Waals surface area contributed by atoms with Crippen molar-refractivity contribution in [3.05, 3.63) is 108 Å². The smallest absolute Gasteiger partial charge is 0.254 e. The Kier molecular flexibility index (Phi) is 12.4. The minimum absolute atomic E-state index is 0.355. The molecule has 1 amide bonds. The largest absolute Gasteiger partial charge is 0.490 e. The van der Waals surface area contributed by atoms with Crippen LogP contribution < -0.4 is 14.8 Å². The number of carbonyl (C=O) groups is 2. The van der Waals surface area contributed by atoms with Gasteiger partial charge in [0.2, 0.25) is 0 Å². The standard InChI is InChI=1S/C32H33N3O4.C2H6/c1-3-5-12-29-31(9-4-2)35-18-17-30(34-35)25-10-8-11-28(22-25)39-20-7-6-19-38-27-15-13-24(14-16-27)21-26(23-36)33-32(29)37;1-2/h3,5-18,22-23,26H,4,19-21H2,1-2H3,(H,33,37);1-2H3/b5-3-,7-6+,29-12+,31-9-;. The maximum atomic E-state index is 13.5. The molecule has 1 N–H and O–H groups in total. The first-order chi connectivity index (χ1) is 20.1. The van der Waals surface area contributed by atoms with Crippen LogP contribution in [0.4, 0.5) is 0 Å². The number of allylic oxidation sites excluding steroid dienone is 4. The van der Waals surface area contributed by atoms with Crippen molar-refractivity contribution >= 4 is 17.9 Å². The van der Waals surface area contributed by atoms with Crippen molar-refractivity contribution in [1.29, 1.82) is 0 Å². The second-order valence-electron chi connectivity index (χ2n) is 8.93. The van der Waals surface area contributed by atoms with Gasteiger partial charge >= 0.3 is 0 Å². The van der Waals surface area contributed by atoms with Gasteiger partial charge in [0.1, 0.15) is 31.0 Å².